The number of methoxy groups -OCH3 is 1. The normalized spacial score (nSPS) is 10.4. The van der Waals surface area contributed by atoms with Crippen LogP contribution in [0.5, 0.6) is 5.75 Å². The van der Waals surface area contributed by atoms with Crippen LogP contribution in [0.4, 0.5) is 5.69 Å². The van der Waals surface area contributed by atoms with Crippen molar-refractivity contribution in [2.45, 2.75) is 18.8 Å². The lowest BCUT2D eigenvalue weighted by atomic mass is 10.2. The molecule has 0 atom stereocenters. The van der Waals surface area contributed by atoms with Crippen molar-refractivity contribution < 1.29 is 23.5 Å². The molecule has 3 aromatic rings. The van der Waals surface area contributed by atoms with Crippen LogP contribution < -0.4 is 10.1 Å². The van der Waals surface area contributed by atoms with Crippen LogP contribution in [0.25, 0.3) is 0 Å². The number of esters is 1. The molecule has 1 aromatic heterocycles. The number of aryl methyl sites for hydroxylation is 1. The first-order valence-corrected chi connectivity index (χ1v) is 9.65. The van der Waals surface area contributed by atoms with E-state index in [0.717, 1.165) is 23.1 Å². The molecule has 0 fully saturated rings. The maximum Gasteiger partial charge on any atom is 0.337 e. The molecular weight excluding hydrogens is 394 g/mol. The average molecular weight is 413 g/mol. The molecule has 29 heavy (non-hydrogen) atoms. The second kappa shape index (κ2) is 9.74. The predicted molar refractivity (Wildman–Crippen MR) is 107 cm³/mol. The van der Waals surface area contributed by atoms with E-state index in [4.69, 9.17) is 9.15 Å². The maximum absolute atomic E-state index is 12.1. The molecule has 0 bridgehead atoms. The number of benzene rings is 2. The summed E-state index contributed by atoms with van der Waals surface area (Å²) >= 11 is 1.11. The van der Waals surface area contributed by atoms with Crippen molar-refractivity contribution in [3.05, 3.63) is 65.5 Å². The number of thioether (sulfide) groups is 1. The molecule has 2 aromatic carbocycles. The van der Waals surface area contributed by atoms with Gasteiger partial charge in [-0.1, -0.05) is 36.0 Å². The Labute approximate surface area is 171 Å². The number of nitrogens with one attached hydrogen (secondary N) is 1. The first-order valence-electron chi connectivity index (χ1n) is 8.67. The molecule has 0 aliphatic heterocycles. The molecule has 3 rings (SSSR count). The van der Waals surface area contributed by atoms with Gasteiger partial charge in [0.15, 0.2) is 6.61 Å². The predicted octanol–water partition coefficient (Wildman–Crippen LogP) is 3.47. The van der Waals surface area contributed by atoms with Crippen LogP contribution in [0.15, 0.2) is 58.2 Å². The Morgan fingerprint density at radius 3 is 2.76 bits per heavy atom. The molecule has 0 aliphatic carbocycles. The zero-order valence-corrected chi connectivity index (χ0v) is 16.7. The Morgan fingerprint density at radius 1 is 1.14 bits per heavy atom. The molecule has 8 nitrogen and oxygen atoms in total. The number of nitrogens with zero attached hydrogens (tertiary/aromatic N) is 2. The lowest BCUT2D eigenvalue weighted by molar-refractivity contribution is -0.113. The van der Waals surface area contributed by atoms with Gasteiger partial charge in [0.1, 0.15) is 5.75 Å². The van der Waals surface area contributed by atoms with Crippen molar-refractivity contribution >= 4 is 29.3 Å². The first-order chi connectivity index (χ1) is 14.0. The number of carbonyl (C=O) groups is 2. The van der Waals surface area contributed by atoms with Crippen molar-refractivity contribution in [2.75, 3.05) is 18.2 Å². The third-order valence-electron chi connectivity index (χ3n) is 3.79. The van der Waals surface area contributed by atoms with E-state index in [-0.39, 0.29) is 23.5 Å². The number of amides is 1. The van der Waals surface area contributed by atoms with Gasteiger partial charge in [0, 0.05) is 5.69 Å². The Bertz CT molecular complexity index is 1010. The molecule has 1 N–H and O–H groups in total. The highest BCUT2D eigenvalue weighted by molar-refractivity contribution is 7.99. The van der Waals surface area contributed by atoms with Gasteiger partial charge in [-0.15, -0.1) is 10.2 Å². The van der Waals surface area contributed by atoms with Gasteiger partial charge in [-0.3, -0.25) is 4.79 Å². The minimum atomic E-state index is -0.471. The third kappa shape index (κ3) is 5.82. The summed E-state index contributed by atoms with van der Waals surface area (Å²) in [4.78, 5) is 23.7. The monoisotopic (exact) mass is 413 g/mol. The molecule has 0 saturated carbocycles. The van der Waals surface area contributed by atoms with E-state index in [1.54, 1.807) is 24.3 Å². The third-order valence-corrected chi connectivity index (χ3v) is 4.61. The Hall–Kier alpha value is -3.33. The van der Waals surface area contributed by atoms with Crippen LogP contribution in [0.3, 0.4) is 0 Å². The number of anilines is 1. The molecule has 0 spiro atoms. The Balaban J connectivity index is 1.48. The minimum absolute atomic E-state index is 0.0722. The zero-order chi connectivity index (χ0) is 20.6. The van der Waals surface area contributed by atoms with Crippen molar-refractivity contribution in [3.63, 3.8) is 0 Å². The summed E-state index contributed by atoms with van der Waals surface area (Å²) in [7, 11) is 1.30. The van der Waals surface area contributed by atoms with E-state index in [0.29, 0.717) is 17.1 Å². The summed E-state index contributed by atoms with van der Waals surface area (Å²) in [5.41, 5.74) is 1.86. The average Bonchev–Trinajstić information content (AvgIpc) is 3.19. The van der Waals surface area contributed by atoms with Crippen LogP contribution in [0.2, 0.25) is 0 Å². The van der Waals surface area contributed by atoms with Crippen LogP contribution in [0.1, 0.15) is 21.8 Å². The lowest BCUT2D eigenvalue weighted by Gasteiger charge is -2.06. The van der Waals surface area contributed by atoms with Gasteiger partial charge in [0.25, 0.3) is 11.1 Å². The van der Waals surface area contributed by atoms with Gasteiger partial charge in [0.05, 0.1) is 18.4 Å². The van der Waals surface area contributed by atoms with Gasteiger partial charge in [-0.05, 0) is 36.8 Å². The molecular formula is C20H19N3O5S. The lowest BCUT2D eigenvalue weighted by Crippen LogP contribution is -2.14. The highest BCUT2D eigenvalue weighted by atomic mass is 32.2. The van der Waals surface area contributed by atoms with E-state index in [1.165, 1.54) is 7.11 Å². The van der Waals surface area contributed by atoms with Crippen LogP contribution >= 0.6 is 11.8 Å². The largest absolute Gasteiger partial charge is 0.484 e. The molecule has 9 heteroatoms. The number of carbonyl (C=O) groups excluding carboxylic acids is 2. The summed E-state index contributed by atoms with van der Waals surface area (Å²) < 4.78 is 15.8. The Kier molecular flexibility index (Phi) is 6.85. The van der Waals surface area contributed by atoms with Crippen molar-refractivity contribution in [1.29, 1.82) is 0 Å². The van der Waals surface area contributed by atoms with E-state index in [2.05, 4.69) is 20.3 Å². The quantitative estimate of drug-likeness (QED) is 0.442. The molecule has 0 radical (unpaired) electrons. The molecule has 0 aliphatic rings. The fourth-order valence-corrected chi connectivity index (χ4v) is 2.96. The molecule has 0 unspecified atom stereocenters. The van der Waals surface area contributed by atoms with Crippen molar-refractivity contribution in [1.82, 2.24) is 10.2 Å². The number of ether oxygens (including phenoxy) is 2. The van der Waals surface area contributed by atoms with E-state index >= 15 is 0 Å². The Morgan fingerprint density at radius 2 is 1.97 bits per heavy atom. The fraction of sp³-hybridized carbons (Fsp3) is 0.200. The van der Waals surface area contributed by atoms with E-state index in [1.807, 2.05) is 31.2 Å². The van der Waals surface area contributed by atoms with Gasteiger partial charge in [-0.25, -0.2) is 4.79 Å². The molecule has 150 valence electrons. The van der Waals surface area contributed by atoms with Gasteiger partial charge < -0.3 is 19.2 Å². The van der Waals surface area contributed by atoms with Crippen LogP contribution in [-0.2, 0) is 16.1 Å². The number of hydrogen-bond donors (Lipinski definition) is 1. The van der Waals surface area contributed by atoms with Gasteiger partial charge >= 0.3 is 5.97 Å². The van der Waals surface area contributed by atoms with Gasteiger partial charge in [-0.2, -0.15) is 0 Å². The topological polar surface area (TPSA) is 104 Å². The summed E-state index contributed by atoms with van der Waals surface area (Å²) in [5, 5.41) is 10.8. The first kappa shape index (κ1) is 20.4. The maximum atomic E-state index is 12.1. The number of aromatic nitrogens is 2. The second-order valence-corrected chi connectivity index (χ2v) is 6.85. The standard InChI is InChI=1S/C20H19N3O5S/c1-13-6-3-4-9-16(13)27-11-18-22-23-20(28-18)29-12-17(24)21-15-8-5-7-14(10-15)19(25)26-2/h3-10H,11-12H2,1-2H3,(H,21,24). The van der Waals surface area contributed by atoms with E-state index < -0.39 is 5.97 Å². The zero-order valence-electron chi connectivity index (χ0n) is 15.9. The van der Waals surface area contributed by atoms with Gasteiger partial charge in [0.2, 0.25) is 5.91 Å². The highest BCUT2D eigenvalue weighted by Crippen LogP contribution is 2.20. The number of rotatable bonds is 8. The SMILES string of the molecule is COC(=O)c1cccc(NC(=O)CSc2nnc(COc3ccccc3C)o2)c1. The van der Waals surface area contributed by atoms with Crippen LogP contribution in [0, 0.1) is 6.92 Å². The molecule has 1 amide bonds. The molecule has 0 saturated heterocycles. The van der Waals surface area contributed by atoms with E-state index in [9.17, 15) is 9.59 Å². The summed E-state index contributed by atoms with van der Waals surface area (Å²) in [6.45, 7) is 2.09. The number of hydrogen-bond acceptors (Lipinski definition) is 8. The van der Waals surface area contributed by atoms with Crippen LogP contribution in [-0.4, -0.2) is 34.9 Å². The summed E-state index contributed by atoms with van der Waals surface area (Å²) in [5.74, 6) is 0.396. The summed E-state index contributed by atoms with van der Waals surface area (Å²) in [6, 6.07) is 14.1. The number of para-hydroxylation sites is 1. The summed E-state index contributed by atoms with van der Waals surface area (Å²) in [6.07, 6.45) is 0. The van der Waals surface area contributed by atoms with Crippen molar-refractivity contribution in [3.8, 4) is 5.75 Å². The smallest absolute Gasteiger partial charge is 0.337 e. The van der Waals surface area contributed by atoms with Crippen molar-refractivity contribution in [2.24, 2.45) is 0 Å². The minimum Gasteiger partial charge on any atom is -0.484 e. The second-order valence-electron chi connectivity index (χ2n) is 5.93. The highest BCUT2D eigenvalue weighted by Gasteiger charge is 2.12. The molecule has 1 heterocycles. The fourth-order valence-electron chi connectivity index (χ4n) is 2.38.